The molecule has 4 heteroatoms. The third-order valence-electron chi connectivity index (χ3n) is 3.41. The van der Waals surface area contributed by atoms with E-state index in [2.05, 4.69) is 0 Å². The molecule has 3 nitrogen and oxygen atoms in total. The Bertz CT molecular complexity index is 882. The summed E-state index contributed by atoms with van der Waals surface area (Å²) >= 11 is 6.01. The molecule has 0 saturated heterocycles. The summed E-state index contributed by atoms with van der Waals surface area (Å²) in [5, 5.41) is 18.7. The zero-order chi connectivity index (χ0) is 15.0. The average Bonchev–Trinajstić information content (AvgIpc) is 2.51. The molecule has 0 saturated carbocycles. The highest BCUT2D eigenvalue weighted by molar-refractivity contribution is 6.37. The fourth-order valence-electron chi connectivity index (χ4n) is 2.52. The molecule has 0 aliphatic heterocycles. The minimum Gasteiger partial charge on any atom is -0.288 e. The fourth-order valence-corrected chi connectivity index (χ4v) is 2.69. The van der Waals surface area contributed by atoms with Crippen LogP contribution in [-0.4, -0.2) is 5.78 Å². The lowest BCUT2D eigenvalue weighted by molar-refractivity contribution is 0.105. The van der Waals surface area contributed by atoms with E-state index in [0.717, 1.165) is 11.1 Å². The molecule has 98 valence electrons. The highest BCUT2D eigenvalue weighted by Crippen LogP contribution is 2.41. The molecule has 0 bridgehead atoms. The summed E-state index contributed by atoms with van der Waals surface area (Å²) in [5.74, 6) is -0.321. The summed E-state index contributed by atoms with van der Waals surface area (Å²) in [4.78, 5) is 12.6. The Morgan fingerprint density at radius 2 is 1.52 bits per heavy atom. The number of fused-ring (bicyclic) bond motifs is 3. The van der Waals surface area contributed by atoms with Crippen LogP contribution < -0.4 is 0 Å². The van der Waals surface area contributed by atoms with Crippen molar-refractivity contribution in [2.45, 2.75) is 0 Å². The van der Waals surface area contributed by atoms with Gasteiger partial charge < -0.3 is 0 Å². The molecule has 1 aliphatic carbocycles. The van der Waals surface area contributed by atoms with Crippen molar-refractivity contribution < 1.29 is 4.79 Å². The van der Waals surface area contributed by atoms with E-state index in [1.807, 2.05) is 12.1 Å². The third kappa shape index (κ3) is 1.92. The van der Waals surface area contributed by atoms with Crippen LogP contribution in [0.15, 0.2) is 48.0 Å². The SMILES string of the molecule is N#CC(C#N)=C1C(=O)c2ccccc2-c2ccc(Cl)cc21. The molecule has 0 atom stereocenters. The monoisotopic (exact) mass is 290 g/mol. The lowest BCUT2D eigenvalue weighted by Gasteiger charge is -2.21. The van der Waals surface area contributed by atoms with Crippen LogP contribution in [0.1, 0.15) is 15.9 Å². The van der Waals surface area contributed by atoms with E-state index in [1.165, 1.54) is 0 Å². The number of halogens is 1. The Balaban J connectivity index is 2.47. The van der Waals surface area contributed by atoms with Gasteiger partial charge in [0.25, 0.3) is 0 Å². The summed E-state index contributed by atoms with van der Waals surface area (Å²) < 4.78 is 0. The molecule has 2 aromatic rings. The number of carbonyl (C=O) groups is 1. The van der Waals surface area contributed by atoms with Gasteiger partial charge in [0.15, 0.2) is 5.78 Å². The van der Waals surface area contributed by atoms with Crippen molar-refractivity contribution in [3.63, 3.8) is 0 Å². The standard InChI is InChI=1S/C17H7ClN2O/c18-11-5-6-13-12-3-1-2-4-14(12)17(21)16(15(13)7-11)10(8-19)9-20/h1-7H. The normalized spacial score (nSPS) is 12.0. The number of nitriles is 2. The highest BCUT2D eigenvalue weighted by Gasteiger charge is 2.29. The average molecular weight is 291 g/mol. The molecule has 0 N–H and O–H groups in total. The van der Waals surface area contributed by atoms with Crippen molar-refractivity contribution in [3.05, 3.63) is 64.2 Å². The number of hydrogen-bond acceptors (Lipinski definition) is 3. The largest absolute Gasteiger partial charge is 0.288 e. The van der Waals surface area contributed by atoms with Gasteiger partial charge in [0, 0.05) is 10.6 Å². The first kappa shape index (κ1) is 13.1. The highest BCUT2D eigenvalue weighted by atomic mass is 35.5. The second-order valence-corrected chi connectivity index (χ2v) is 4.97. The van der Waals surface area contributed by atoms with E-state index < -0.39 is 0 Å². The van der Waals surface area contributed by atoms with Crippen LogP contribution in [0.2, 0.25) is 5.02 Å². The van der Waals surface area contributed by atoms with Gasteiger partial charge in [0.1, 0.15) is 17.7 Å². The van der Waals surface area contributed by atoms with Crippen molar-refractivity contribution in [2.75, 3.05) is 0 Å². The first-order valence-electron chi connectivity index (χ1n) is 6.16. The Kier molecular flexibility index (Phi) is 3.06. The number of hydrogen-bond donors (Lipinski definition) is 0. The summed E-state index contributed by atoms with van der Waals surface area (Å²) in [7, 11) is 0. The number of allylic oxidation sites excluding steroid dienone is 2. The van der Waals surface area contributed by atoms with Crippen molar-refractivity contribution >= 4 is 23.0 Å². The van der Waals surface area contributed by atoms with E-state index >= 15 is 0 Å². The molecule has 21 heavy (non-hydrogen) atoms. The van der Waals surface area contributed by atoms with Gasteiger partial charge in [-0.05, 0) is 28.8 Å². The first-order valence-corrected chi connectivity index (χ1v) is 6.53. The second kappa shape index (κ2) is 4.90. The second-order valence-electron chi connectivity index (χ2n) is 4.54. The Hall–Kier alpha value is -2.88. The van der Waals surface area contributed by atoms with E-state index in [0.29, 0.717) is 16.1 Å². The minimum atomic E-state index is -0.321. The number of benzene rings is 2. The Morgan fingerprint density at radius 1 is 0.905 bits per heavy atom. The van der Waals surface area contributed by atoms with Crippen LogP contribution in [-0.2, 0) is 0 Å². The molecular weight excluding hydrogens is 284 g/mol. The molecule has 0 fully saturated rings. The van der Waals surface area contributed by atoms with Crippen LogP contribution in [0.3, 0.4) is 0 Å². The molecule has 1 aliphatic rings. The molecule has 3 rings (SSSR count). The predicted octanol–water partition coefficient (Wildman–Crippen LogP) is 4.00. The first-order chi connectivity index (χ1) is 10.2. The van der Waals surface area contributed by atoms with E-state index in [-0.39, 0.29) is 16.9 Å². The summed E-state index contributed by atoms with van der Waals surface area (Å²) in [5.41, 5.74) is 2.53. The Labute approximate surface area is 126 Å². The number of carbonyl (C=O) groups excluding carboxylic acids is 1. The summed E-state index contributed by atoms with van der Waals surface area (Å²) in [6.45, 7) is 0. The number of Topliss-reactive ketones (excluding diaryl/α,β-unsaturated/α-hetero) is 1. The van der Waals surface area contributed by atoms with Gasteiger partial charge in [-0.3, -0.25) is 4.79 Å². The lowest BCUT2D eigenvalue weighted by atomic mass is 9.80. The zero-order valence-corrected chi connectivity index (χ0v) is 11.5. The maximum absolute atomic E-state index is 12.6. The zero-order valence-electron chi connectivity index (χ0n) is 10.7. The van der Waals surface area contributed by atoms with Crippen LogP contribution in [0.4, 0.5) is 0 Å². The quantitative estimate of drug-likeness (QED) is 0.544. The van der Waals surface area contributed by atoms with E-state index in [4.69, 9.17) is 22.1 Å². The molecular formula is C17H7ClN2O. The van der Waals surface area contributed by atoms with Crippen LogP contribution in [0.25, 0.3) is 16.7 Å². The number of nitrogens with zero attached hydrogens (tertiary/aromatic N) is 2. The van der Waals surface area contributed by atoms with Gasteiger partial charge in [0.05, 0.1) is 5.57 Å². The number of ketones is 1. The van der Waals surface area contributed by atoms with Crippen molar-refractivity contribution in [1.82, 2.24) is 0 Å². The van der Waals surface area contributed by atoms with Gasteiger partial charge in [-0.2, -0.15) is 10.5 Å². The lowest BCUT2D eigenvalue weighted by Crippen LogP contribution is -2.13. The van der Waals surface area contributed by atoms with E-state index in [9.17, 15) is 4.79 Å². The van der Waals surface area contributed by atoms with Crippen LogP contribution in [0, 0.1) is 22.7 Å². The number of rotatable bonds is 0. The topological polar surface area (TPSA) is 64.7 Å². The van der Waals surface area contributed by atoms with Crippen LogP contribution >= 0.6 is 11.6 Å². The third-order valence-corrected chi connectivity index (χ3v) is 3.65. The smallest absolute Gasteiger partial charge is 0.196 e. The van der Waals surface area contributed by atoms with Crippen LogP contribution in [0.5, 0.6) is 0 Å². The van der Waals surface area contributed by atoms with Gasteiger partial charge in [0.2, 0.25) is 0 Å². The molecule has 0 aromatic heterocycles. The fraction of sp³-hybridized carbons (Fsp3) is 0. The summed E-state index contributed by atoms with van der Waals surface area (Å²) in [6, 6.07) is 15.9. The predicted molar refractivity (Wildman–Crippen MR) is 79.4 cm³/mol. The van der Waals surface area contributed by atoms with Gasteiger partial charge >= 0.3 is 0 Å². The van der Waals surface area contributed by atoms with E-state index in [1.54, 1.807) is 42.5 Å². The molecule has 2 aromatic carbocycles. The van der Waals surface area contributed by atoms with Gasteiger partial charge in [-0.1, -0.05) is 41.9 Å². The molecule has 0 radical (unpaired) electrons. The maximum Gasteiger partial charge on any atom is 0.196 e. The van der Waals surface area contributed by atoms with Gasteiger partial charge in [-0.25, -0.2) is 0 Å². The molecule has 0 unspecified atom stereocenters. The maximum atomic E-state index is 12.6. The van der Waals surface area contributed by atoms with Crippen molar-refractivity contribution in [2.24, 2.45) is 0 Å². The van der Waals surface area contributed by atoms with Gasteiger partial charge in [-0.15, -0.1) is 0 Å². The molecule has 0 heterocycles. The minimum absolute atomic E-state index is 0.121. The van der Waals surface area contributed by atoms with Crippen molar-refractivity contribution in [1.29, 1.82) is 10.5 Å². The molecule has 0 spiro atoms. The van der Waals surface area contributed by atoms with Crippen molar-refractivity contribution in [3.8, 4) is 23.3 Å². The summed E-state index contributed by atoms with van der Waals surface area (Å²) in [6.07, 6.45) is 0. The Morgan fingerprint density at radius 3 is 2.19 bits per heavy atom. The molecule has 0 amide bonds.